The Kier molecular flexibility index (Phi) is 3.85. The highest BCUT2D eigenvalue weighted by Crippen LogP contribution is 2.24. The van der Waals surface area contributed by atoms with Gasteiger partial charge in [0.05, 0.1) is 12.8 Å². The Bertz CT molecular complexity index is 706. The van der Waals surface area contributed by atoms with Gasteiger partial charge >= 0.3 is 0 Å². The Morgan fingerprint density at radius 2 is 2.19 bits per heavy atom. The number of aromatic nitrogens is 3. The van der Waals surface area contributed by atoms with Crippen LogP contribution >= 0.6 is 0 Å². The number of nitrogens with zero attached hydrogens (tertiary/aromatic N) is 4. The first-order chi connectivity index (χ1) is 10.3. The minimum Gasteiger partial charge on any atom is -0.467 e. The number of oxazole rings is 1. The van der Waals surface area contributed by atoms with Crippen molar-refractivity contribution in [1.29, 1.82) is 0 Å². The molecule has 6 nitrogen and oxygen atoms in total. The van der Waals surface area contributed by atoms with Crippen molar-refractivity contribution in [2.45, 2.75) is 33.2 Å². The predicted octanol–water partition coefficient (Wildman–Crippen LogP) is 3.33. The van der Waals surface area contributed by atoms with E-state index in [0.717, 1.165) is 31.0 Å². The fraction of sp³-hybridized carbons (Fsp3) is 0.400. The molecule has 3 aromatic heterocycles. The van der Waals surface area contributed by atoms with Crippen LogP contribution in [0.3, 0.4) is 0 Å². The van der Waals surface area contributed by atoms with E-state index >= 15 is 0 Å². The molecule has 110 valence electrons. The van der Waals surface area contributed by atoms with Gasteiger partial charge in [-0.1, -0.05) is 13.3 Å². The third kappa shape index (κ3) is 2.89. The summed E-state index contributed by atoms with van der Waals surface area (Å²) in [5, 5.41) is 0. The van der Waals surface area contributed by atoms with Crippen LogP contribution in [0.2, 0.25) is 0 Å². The SMILES string of the molecule is CCCCN(Cc1ccco1)c1ncnc2oc(C)nc12. The summed E-state index contributed by atoms with van der Waals surface area (Å²) in [6.07, 6.45) is 5.39. The molecule has 0 amide bonds. The molecule has 0 saturated heterocycles. The van der Waals surface area contributed by atoms with Crippen LogP contribution < -0.4 is 4.90 Å². The van der Waals surface area contributed by atoms with Gasteiger partial charge in [0.1, 0.15) is 12.1 Å². The van der Waals surface area contributed by atoms with Crippen LogP contribution in [0.25, 0.3) is 11.2 Å². The van der Waals surface area contributed by atoms with Gasteiger partial charge in [0.25, 0.3) is 5.71 Å². The Morgan fingerprint density at radius 3 is 2.95 bits per heavy atom. The lowest BCUT2D eigenvalue weighted by atomic mass is 10.3. The van der Waals surface area contributed by atoms with Gasteiger partial charge in [0, 0.05) is 13.5 Å². The van der Waals surface area contributed by atoms with Crippen molar-refractivity contribution >= 4 is 17.0 Å². The highest BCUT2D eigenvalue weighted by molar-refractivity contribution is 5.81. The van der Waals surface area contributed by atoms with E-state index in [1.807, 2.05) is 19.1 Å². The molecule has 0 aliphatic carbocycles. The first-order valence-electron chi connectivity index (χ1n) is 7.13. The average Bonchev–Trinajstić information content (AvgIpc) is 3.11. The second kappa shape index (κ2) is 5.95. The number of rotatable bonds is 6. The molecule has 0 saturated carbocycles. The van der Waals surface area contributed by atoms with Crippen LogP contribution in [0.15, 0.2) is 33.6 Å². The maximum absolute atomic E-state index is 5.49. The van der Waals surface area contributed by atoms with Crippen molar-refractivity contribution in [2.75, 3.05) is 11.4 Å². The Hall–Kier alpha value is -2.37. The van der Waals surface area contributed by atoms with E-state index in [1.54, 1.807) is 6.26 Å². The molecule has 0 unspecified atom stereocenters. The number of hydrogen-bond donors (Lipinski definition) is 0. The maximum atomic E-state index is 5.49. The van der Waals surface area contributed by atoms with Gasteiger partial charge in [-0.2, -0.15) is 4.98 Å². The molecule has 0 bridgehead atoms. The minimum atomic E-state index is 0.526. The molecule has 0 aliphatic heterocycles. The van der Waals surface area contributed by atoms with Crippen LogP contribution in [-0.2, 0) is 6.54 Å². The Labute approximate surface area is 122 Å². The summed E-state index contributed by atoms with van der Waals surface area (Å²) in [6.45, 7) is 5.52. The fourth-order valence-corrected chi connectivity index (χ4v) is 2.28. The van der Waals surface area contributed by atoms with E-state index in [4.69, 9.17) is 8.83 Å². The second-order valence-electron chi connectivity index (χ2n) is 4.94. The summed E-state index contributed by atoms with van der Waals surface area (Å²) in [5.41, 5.74) is 1.23. The van der Waals surface area contributed by atoms with Gasteiger partial charge in [-0.05, 0) is 18.6 Å². The molecule has 3 aromatic rings. The molecule has 0 fully saturated rings. The van der Waals surface area contributed by atoms with Crippen molar-refractivity contribution in [2.24, 2.45) is 0 Å². The molecule has 0 aliphatic rings. The van der Waals surface area contributed by atoms with Gasteiger partial charge in [0.2, 0.25) is 0 Å². The zero-order chi connectivity index (χ0) is 14.7. The molecule has 6 heteroatoms. The summed E-state index contributed by atoms with van der Waals surface area (Å²) in [5.74, 6) is 2.29. The third-order valence-electron chi connectivity index (χ3n) is 3.29. The monoisotopic (exact) mass is 286 g/mol. The van der Waals surface area contributed by atoms with Crippen LogP contribution in [0.5, 0.6) is 0 Å². The largest absolute Gasteiger partial charge is 0.467 e. The van der Waals surface area contributed by atoms with Gasteiger partial charge in [-0.25, -0.2) is 9.97 Å². The van der Waals surface area contributed by atoms with Crippen molar-refractivity contribution in [1.82, 2.24) is 15.0 Å². The molecular formula is C15H18N4O2. The Morgan fingerprint density at radius 1 is 1.29 bits per heavy atom. The number of furan rings is 1. The van der Waals surface area contributed by atoms with Gasteiger partial charge in [0.15, 0.2) is 17.2 Å². The Balaban J connectivity index is 1.96. The average molecular weight is 286 g/mol. The van der Waals surface area contributed by atoms with Gasteiger partial charge in [-0.15, -0.1) is 0 Å². The number of aryl methyl sites for hydroxylation is 1. The standard InChI is InChI=1S/C15H18N4O2/c1-3-4-7-19(9-12-6-5-8-20-12)14-13-15(17-10-16-14)21-11(2)18-13/h5-6,8,10H,3-4,7,9H2,1-2H3. The molecule has 0 N–H and O–H groups in total. The van der Waals surface area contributed by atoms with Crippen LogP contribution in [0.1, 0.15) is 31.4 Å². The second-order valence-corrected chi connectivity index (χ2v) is 4.94. The summed E-state index contributed by atoms with van der Waals surface area (Å²) in [7, 11) is 0. The molecule has 0 spiro atoms. The number of hydrogen-bond acceptors (Lipinski definition) is 6. The van der Waals surface area contributed by atoms with Crippen molar-refractivity contribution in [3.63, 3.8) is 0 Å². The highest BCUT2D eigenvalue weighted by Gasteiger charge is 2.17. The van der Waals surface area contributed by atoms with E-state index < -0.39 is 0 Å². The first-order valence-corrected chi connectivity index (χ1v) is 7.13. The topological polar surface area (TPSA) is 68.2 Å². The zero-order valence-electron chi connectivity index (χ0n) is 12.2. The van der Waals surface area contributed by atoms with E-state index in [0.29, 0.717) is 23.7 Å². The molecule has 0 aromatic carbocycles. The van der Waals surface area contributed by atoms with E-state index in [9.17, 15) is 0 Å². The number of fused-ring (bicyclic) bond motifs is 1. The number of unbranched alkanes of at least 4 members (excludes halogenated alkanes) is 1. The van der Waals surface area contributed by atoms with Gasteiger partial charge < -0.3 is 13.7 Å². The highest BCUT2D eigenvalue weighted by atomic mass is 16.4. The summed E-state index contributed by atoms with van der Waals surface area (Å²) in [6, 6.07) is 3.86. The van der Waals surface area contributed by atoms with E-state index in [2.05, 4.69) is 26.8 Å². The lowest BCUT2D eigenvalue weighted by Gasteiger charge is -2.22. The van der Waals surface area contributed by atoms with Crippen molar-refractivity contribution < 1.29 is 8.83 Å². The van der Waals surface area contributed by atoms with E-state index in [1.165, 1.54) is 6.33 Å². The lowest BCUT2D eigenvalue weighted by Crippen LogP contribution is -2.25. The normalized spacial score (nSPS) is 11.1. The molecule has 3 heterocycles. The van der Waals surface area contributed by atoms with E-state index in [-0.39, 0.29) is 0 Å². The summed E-state index contributed by atoms with van der Waals surface area (Å²) < 4.78 is 10.9. The molecule has 21 heavy (non-hydrogen) atoms. The van der Waals surface area contributed by atoms with Crippen LogP contribution in [0, 0.1) is 6.92 Å². The predicted molar refractivity (Wildman–Crippen MR) is 79.0 cm³/mol. The molecule has 0 radical (unpaired) electrons. The van der Waals surface area contributed by atoms with Crippen LogP contribution in [0.4, 0.5) is 5.82 Å². The molecule has 3 rings (SSSR count). The van der Waals surface area contributed by atoms with Gasteiger partial charge in [-0.3, -0.25) is 0 Å². The lowest BCUT2D eigenvalue weighted by molar-refractivity contribution is 0.499. The maximum Gasteiger partial charge on any atom is 0.252 e. The third-order valence-corrected chi connectivity index (χ3v) is 3.29. The van der Waals surface area contributed by atoms with Crippen molar-refractivity contribution in [3.05, 3.63) is 36.4 Å². The molecular weight excluding hydrogens is 268 g/mol. The number of anilines is 1. The fourth-order valence-electron chi connectivity index (χ4n) is 2.28. The zero-order valence-corrected chi connectivity index (χ0v) is 12.2. The first kappa shape index (κ1) is 13.6. The summed E-state index contributed by atoms with van der Waals surface area (Å²) in [4.78, 5) is 15.1. The van der Waals surface area contributed by atoms with Crippen molar-refractivity contribution in [3.8, 4) is 0 Å². The quantitative estimate of drug-likeness (QED) is 0.692. The van der Waals surface area contributed by atoms with Crippen LogP contribution in [-0.4, -0.2) is 21.5 Å². The summed E-state index contributed by atoms with van der Waals surface area (Å²) >= 11 is 0. The minimum absolute atomic E-state index is 0.526. The smallest absolute Gasteiger partial charge is 0.252 e. The molecule has 0 atom stereocenters.